The second-order valence-electron chi connectivity index (χ2n) is 4.08. The number of fused-ring (bicyclic) bond motifs is 1. The highest BCUT2D eigenvalue weighted by molar-refractivity contribution is 8.00. The van der Waals surface area contributed by atoms with Crippen LogP contribution in [0.25, 0.3) is 0 Å². The van der Waals surface area contributed by atoms with Gasteiger partial charge in [0, 0.05) is 5.75 Å². The van der Waals surface area contributed by atoms with Gasteiger partial charge in [-0.05, 0) is 26.8 Å². The lowest BCUT2D eigenvalue weighted by molar-refractivity contribution is -0.142. The van der Waals surface area contributed by atoms with Gasteiger partial charge < -0.3 is 10.2 Å². The molecule has 2 aliphatic rings. The van der Waals surface area contributed by atoms with Crippen molar-refractivity contribution in [2.75, 3.05) is 12.8 Å². The first kappa shape index (κ1) is 11.0. The zero-order valence-electron chi connectivity index (χ0n) is 9.03. The second kappa shape index (κ2) is 4.14. The predicted molar refractivity (Wildman–Crippen MR) is 59.6 cm³/mol. The molecule has 0 aromatic heterocycles. The summed E-state index contributed by atoms with van der Waals surface area (Å²) in [7, 11) is 1.80. The van der Waals surface area contributed by atoms with Crippen LogP contribution in [0, 0.1) is 0 Å². The van der Waals surface area contributed by atoms with Crippen LogP contribution in [0.4, 0.5) is 0 Å². The van der Waals surface area contributed by atoms with Crippen LogP contribution in [0.15, 0.2) is 0 Å². The number of ketones is 1. The van der Waals surface area contributed by atoms with E-state index in [0.717, 1.165) is 18.6 Å². The molecule has 0 unspecified atom stereocenters. The molecule has 5 heteroatoms. The van der Waals surface area contributed by atoms with Crippen molar-refractivity contribution in [3.8, 4) is 0 Å². The zero-order valence-corrected chi connectivity index (χ0v) is 9.84. The molecule has 0 aromatic rings. The Morgan fingerprint density at radius 2 is 2.27 bits per heavy atom. The highest BCUT2D eigenvalue weighted by Crippen LogP contribution is 2.36. The van der Waals surface area contributed by atoms with Gasteiger partial charge in [0.25, 0.3) is 0 Å². The summed E-state index contributed by atoms with van der Waals surface area (Å²) < 4.78 is 0. The maximum atomic E-state index is 12.1. The molecule has 2 fully saturated rings. The molecule has 2 heterocycles. The molecule has 0 spiro atoms. The molecule has 0 saturated carbocycles. The molecule has 0 aliphatic carbocycles. The monoisotopic (exact) mass is 228 g/mol. The van der Waals surface area contributed by atoms with Gasteiger partial charge in [-0.1, -0.05) is 0 Å². The van der Waals surface area contributed by atoms with E-state index >= 15 is 0 Å². The number of piperidine rings is 1. The van der Waals surface area contributed by atoms with Gasteiger partial charge in [0.05, 0.1) is 11.4 Å². The average Bonchev–Trinajstić information content (AvgIpc) is 2.63. The van der Waals surface area contributed by atoms with Crippen molar-refractivity contribution in [2.45, 2.75) is 37.2 Å². The molecular weight excluding hydrogens is 212 g/mol. The van der Waals surface area contributed by atoms with Crippen molar-refractivity contribution in [3.63, 3.8) is 0 Å². The third-order valence-electron chi connectivity index (χ3n) is 3.17. The number of amides is 1. The molecule has 1 amide bonds. The van der Waals surface area contributed by atoms with Crippen molar-refractivity contribution in [1.82, 2.24) is 10.2 Å². The van der Waals surface area contributed by atoms with Gasteiger partial charge in [-0.25, -0.2) is 0 Å². The molecule has 2 saturated heterocycles. The zero-order chi connectivity index (χ0) is 11.0. The molecule has 2 rings (SSSR count). The van der Waals surface area contributed by atoms with Crippen molar-refractivity contribution in [3.05, 3.63) is 0 Å². The Bertz CT molecular complexity index is 295. The Balaban J connectivity index is 2.18. The number of nitrogens with zero attached hydrogens (tertiary/aromatic N) is 1. The van der Waals surface area contributed by atoms with Crippen LogP contribution < -0.4 is 5.32 Å². The molecule has 15 heavy (non-hydrogen) atoms. The molecule has 84 valence electrons. The normalized spacial score (nSPS) is 35.5. The molecule has 4 nitrogen and oxygen atoms in total. The fraction of sp³-hybridized carbons (Fsp3) is 0.800. The first-order chi connectivity index (χ1) is 7.15. The van der Waals surface area contributed by atoms with Crippen molar-refractivity contribution in [1.29, 1.82) is 0 Å². The van der Waals surface area contributed by atoms with Crippen LogP contribution in [0.3, 0.4) is 0 Å². The van der Waals surface area contributed by atoms with Crippen LogP contribution >= 0.6 is 11.8 Å². The highest BCUT2D eigenvalue weighted by atomic mass is 32.2. The molecule has 2 aliphatic heterocycles. The Hall–Kier alpha value is -0.550. The minimum Gasteiger partial charge on any atom is -0.318 e. The Labute approximate surface area is 93.8 Å². The average molecular weight is 228 g/mol. The predicted octanol–water partition coefficient (Wildman–Crippen LogP) is 0.227. The first-order valence-electron chi connectivity index (χ1n) is 5.26. The fourth-order valence-electron chi connectivity index (χ4n) is 2.28. The summed E-state index contributed by atoms with van der Waals surface area (Å²) in [5.41, 5.74) is 0. The molecular formula is C10H16N2O2S. The lowest BCUT2D eigenvalue weighted by Crippen LogP contribution is -2.55. The number of Topliss-reactive ketones (excluding diaryl/α,β-unsaturated/α-hetero) is 1. The standard InChI is InChI=1S/C10H16N2O2S/c1-6(13)8-5-15-9-4-3-7(11-2)10(14)12(8)9/h7-9,11H,3-5H2,1-2H3/t7-,8-,9-/m0/s1. The molecule has 0 radical (unpaired) electrons. The number of hydrogen-bond acceptors (Lipinski definition) is 4. The highest BCUT2D eigenvalue weighted by Gasteiger charge is 2.44. The van der Waals surface area contributed by atoms with E-state index in [-0.39, 0.29) is 29.1 Å². The Morgan fingerprint density at radius 1 is 1.53 bits per heavy atom. The number of rotatable bonds is 2. The smallest absolute Gasteiger partial charge is 0.241 e. The third-order valence-corrected chi connectivity index (χ3v) is 4.52. The quantitative estimate of drug-likeness (QED) is 0.735. The van der Waals surface area contributed by atoms with Crippen LogP contribution in [0.1, 0.15) is 19.8 Å². The summed E-state index contributed by atoms with van der Waals surface area (Å²) in [4.78, 5) is 25.3. The summed E-state index contributed by atoms with van der Waals surface area (Å²) in [6.07, 6.45) is 1.87. The maximum Gasteiger partial charge on any atom is 0.241 e. The molecule has 3 atom stereocenters. The largest absolute Gasteiger partial charge is 0.318 e. The van der Waals surface area contributed by atoms with E-state index in [1.165, 1.54) is 0 Å². The van der Waals surface area contributed by atoms with E-state index in [9.17, 15) is 9.59 Å². The van der Waals surface area contributed by atoms with Gasteiger partial charge in [0.15, 0.2) is 5.78 Å². The molecule has 0 aromatic carbocycles. The number of carbonyl (C=O) groups excluding carboxylic acids is 2. The van der Waals surface area contributed by atoms with Crippen molar-refractivity contribution >= 4 is 23.5 Å². The topological polar surface area (TPSA) is 49.4 Å². The Morgan fingerprint density at radius 3 is 2.87 bits per heavy atom. The lowest BCUT2D eigenvalue weighted by atomic mass is 10.0. The van der Waals surface area contributed by atoms with Crippen LogP contribution in [0.5, 0.6) is 0 Å². The Kier molecular flexibility index (Phi) is 3.02. The summed E-state index contributed by atoms with van der Waals surface area (Å²) in [5, 5.41) is 3.25. The number of likely N-dealkylation sites (N-methyl/N-ethyl adjacent to an activating group) is 1. The van der Waals surface area contributed by atoms with E-state index in [1.807, 2.05) is 0 Å². The van der Waals surface area contributed by atoms with Gasteiger partial charge in [-0.3, -0.25) is 9.59 Å². The van der Waals surface area contributed by atoms with Gasteiger partial charge in [-0.15, -0.1) is 11.8 Å². The van der Waals surface area contributed by atoms with E-state index in [4.69, 9.17) is 0 Å². The number of nitrogens with one attached hydrogen (secondary N) is 1. The second-order valence-corrected chi connectivity index (χ2v) is 5.29. The van der Waals surface area contributed by atoms with E-state index in [0.29, 0.717) is 0 Å². The number of carbonyl (C=O) groups is 2. The summed E-state index contributed by atoms with van der Waals surface area (Å²) in [5.74, 6) is 0.969. The van der Waals surface area contributed by atoms with Gasteiger partial charge in [0.1, 0.15) is 6.04 Å². The first-order valence-corrected chi connectivity index (χ1v) is 6.31. The van der Waals surface area contributed by atoms with E-state index in [2.05, 4.69) is 5.32 Å². The van der Waals surface area contributed by atoms with E-state index < -0.39 is 0 Å². The minimum atomic E-state index is -0.191. The molecule has 0 bridgehead atoms. The van der Waals surface area contributed by atoms with E-state index in [1.54, 1.807) is 30.6 Å². The number of thioether (sulfide) groups is 1. The number of hydrogen-bond donors (Lipinski definition) is 1. The summed E-state index contributed by atoms with van der Waals surface area (Å²) in [6.45, 7) is 1.57. The van der Waals surface area contributed by atoms with Gasteiger partial charge >= 0.3 is 0 Å². The van der Waals surface area contributed by atoms with Gasteiger partial charge in [-0.2, -0.15) is 0 Å². The van der Waals surface area contributed by atoms with Crippen molar-refractivity contribution < 1.29 is 9.59 Å². The van der Waals surface area contributed by atoms with Gasteiger partial charge in [0.2, 0.25) is 5.91 Å². The fourth-order valence-corrected chi connectivity index (χ4v) is 3.79. The summed E-state index contributed by atoms with van der Waals surface area (Å²) >= 11 is 1.74. The maximum absolute atomic E-state index is 12.1. The molecule has 1 N–H and O–H groups in total. The lowest BCUT2D eigenvalue weighted by Gasteiger charge is -2.36. The third kappa shape index (κ3) is 1.78. The summed E-state index contributed by atoms with van der Waals surface area (Å²) in [6, 6.07) is -0.287. The van der Waals surface area contributed by atoms with Crippen molar-refractivity contribution in [2.24, 2.45) is 0 Å². The van der Waals surface area contributed by atoms with Crippen LogP contribution in [0.2, 0.25) is 0 Å². The minimum absolute atomic E-state index is 0.0956. The van der Waals surface area contributed by atoms with Crippen LogP contribution in [-0.2, 0) is 9.59 Å². The SMILES string of the molecule is CN[C@H]1CC[C@@H]2SC[C@@H](C(C)=O)N2C1=O. The van der Waals surface area contributed by atoms with Crippen LogP contribution in [-0.4, -0.2) is 46.8 Å².